The Labute approximate surface area is 187 Å². The van der Waals surface area contributed by atoms with Crippen LogP contribution in [0.15, 0.2) is 16.8 Å². The molecular weight excluding hydrogens is 386 g/mol. The Hall–Kier alpha value is -1.45. The molecule has 4 heteroatoms. The van der Waals surface area contributed by atoms with Gasteiger partial charge in [0, 0.05) is 12.3 Å². The lowest BCUT2D eigenvalue weighted by Gasteiger charge is -2.60. The highest BCUT2D eigenvalue weighted by molar-refractivity contribution is 5.96. The zero-order valence-corrected chi connectivity index (χ0v) is 19.8. The summed E-state index contributed by atoms with van der Waals surface area (Å²) >= 11 is 0. The van der Waals surface area contributed by atoms with Crippen LogP contribution in [0.4, 0.5) is 0 Å². The van der Waals surface area contributed by atoms with E-state index in [1.54, 1.807) is 0 Å². The molecule has 0 spiro atoms. The van der Waals surface area contributed by atoms with Crippen LogP contribution in [0.25, 0.3) is 0 Å². The summed E-state index contributed by atoms with van der Waals surface area (Å²) < 4.78 is 0. The molecule has 0 saturated heterocycles. The minimum absolute atomic E-state index is 0.0473. The second-order valence-corrected chi connectivity index (χ2v) is 11.8. The van der Waals surface area contributed by atoms with Crippen LogP contribution in [0.1, 0.15) is 98.3 Å². The highest BCUT2D eigenvalue weighted by Gasteiger charge is 2.69. The fraction of sp³-hybridized carbons (Fsp3) is 0.815. The van der Waals surface area contributed by atoms with E-state index in [2.05, 4.69) is 25.1 Å². The van der Waals surface area contributed by atoms with Gasteiger partial charge in [-0.3, -0.25) is 4.79 Å². The van der Waals surface area contributed by atoms with Crippen molar-refractivity contribution in [3.63, 3.8) is 0 Å². The first-order chi connectivity index (χ1) is 14.7. The maximum Gasteiger partial charge on any atom is 0.331 e. The molecule has 170 valence electrons. The van der Waals surface area contributed by atoms with Crippen molar-refractivity contribution in [3.05, 3.63) is 11.6 Å². The molecular formula is C27H39NO3. The summed E-state index contributed by atoms with van der Waals surface area (Å²) in [4.78, 5) is 29.3. The van der Waals surface area contributed by atoms with Crippen LogP contribution in [0.2, 0.25) is 0 Å². The maximum atomic E-state index is 13.2. The fourth-order valence-electron chi connectivity index (χ4n) is 9.56. The van der Waals surface area contributed by atoms with Crippen molar-refractivity contribution in [1.29, 1.82) is 0 Å². The Morgan fingerprint density at radius 1 is 1.00 bits per heavy atom. The Bertz CT molecular complexity index is 859. The number of ketones is 1. The molecule has 4 saturated carbocycles. The summed E-state index contributed by atoms with van der Waals surface area (Å²) in [5.41, 5.74) is 2.82. The van der Waals surface area contributed by atoms with Crippen molar-refractivity contribution in [2.45, 2.75) is 98.3 Å². The summed E-state index contributed by atoms with van der Waals surface area (Å²) in [7, 11) is 0. The molecule has 4 fully saturated rings. The molecule has 0 radical (unpaired) electrons. The zero-order chi connectivity index (χ0) is 22.0. The minimum atomic E-state index is -0.350. The molecule has 5 aliphatic rings. The van der Waals surface area contributed by atoms with E-state index in [1.807, 2.05) is 6.92 Å². The van der Waals surface area contributed by atoms with Crippen LogP contribution in [0.3, 0.4) is 0 Å². The molecule has 7 atom stereocenters. The third-order valence-electron chi connectivity index (χ3n) is 10.9. The van der Waals surface area contributed by atoms with E-state index in [4.69, 9.17) is 4.84 Å². The lowest BCUT2D eigenvalue weighted by Crippen LogP contribution is -2.55. The first-order valence-electron chi connectivity index (χ1n) is 12.7. The number of allylic oxidation sites excluding steroid dienone is 2. The predicted octanol–water partition coefficient (Wildman–Crippen LogP) is 6.24. The number of fused-ring (bicyclic) bond motifs is 7. The second kappa shape index (κ2) is 7.28. The van der Waals surface area contributed by atoms with Crippen LogP contribution in [0, 0.1) is 39.9 Å². The van der Waals surface area contributed by atoms with Gasteiger partial charge >= 0.3 is 5.97 Å². The van der Waals surface area contributed by atoms with E-state index in [1.165, 1.54) is 57.4 Å². The molecule has 0 unspecified atom stereocenters. The number of carbonyl (C=O) groups excluding carboxylic acids is 2. The first kappa shape index (κ1) is 21.4. The smallest absolute Gasteiger partial charge is 0.318 e. The Kier molecular flexibility index (Phi) is 5.03. The van der Waals surface area contributed by atoms with E-state index >= 15 is 0 Å². The molecule has 5 aliphatic carbocycles. The van der Waals surface area contributed by atoms with Crippen LogP contribution in [0.5, 0.6) is 0 Å². The van der Waals surface area contributed by atoms with E-state index in [0.717, 1.165) is 37.3 Å². The molecule has 0 aromatic rings. The normalized spacial score (nSPS) is 47.5. The van der Waals surface area contributed by atoms with Gasteiger partial charge in [0.2, 0.25) is 0 Å². The number of oxime groups is 1. The Morgan fingerprint density at radius 2 is 1.81 bits per heavy atom. The molecule has 0 aromatic carbocycles. The average Bonchev–Trinajstić information content (AvgIpc) is 3.02. The van der Waals surface area contributed by atoms with Gasteiger partial charge in [-0.15, -0.1) is 0 Å². The molecule has 0 amide bonds. The van der Waals surface area contributed by atoms with Gasteiger partial charge in [0.25, 0.3) is 0 Å². The monoisotopic (exact) mass is 425 g/mol. The van der Waals surface area contributed by atoms with E-state index in [0.29, 0.717) is 23.5 Å². The van der Waals surface area contributed by atoms with Gasteiger partial charge in [0.05, 0.1) is 5.71 Å². The topological polar surface area (TPSA) is 55.7 Å². The number of hydrogen-bond acceptors (Lipinski definition) is 4. The molecule has 0 N–H and O–H groups in total. The van der Waals surface area contributed by atoms with E-state index in [9.17, 15) is 9.59 Å². The molecule has 4 nitrogen and oxygen atoms in total. The zero-order valence-electron chi connectivity index (χ0n) is 19.8. The first-order valence-corrected chi connectivity index (χ1v) is 12.7. The Balaban J connectivity index is 1.46. The lowest BCUT2D eigenvalue weighted by molar-refractivity contribution is -0.147. The third-order valence-corrected chi connectivity index (χ3v) is 10.9. The highest BCUT2D eigenvalue weighted by Crippen LogP contribution is 2.74. The van der Waals surface area contributed by atoms with Gasteiger partial charge < -0.3 is 4.84 Å². The van der Waals surface area contributed by atoms with Crippen molar-refractivity contribution in [3.8, 4) is 0 Å². The lowest BCUT2D eigenvalue weighted by atomic mass is 9.44. The number of rotatable bonds is 2. The fourth-order valence-corrected chi connectivity index (χ4v) is 9.56. The number of Topliss-reactive ketones (excluding diaryl/α,β-unsaturated/α-hetero) is 1. The van der Waals surface area contributed by atoms with Gasteiger partial charge in [0.15, 0.2) is 0 Å². The van der Waals surface area contributed by atoms with Crippen LogP contribution in [-0.2, 0) is 14.4 Å². The van der Waals surface area contributed by atoms with Crippen molar-refractivity contribution in [1.82, 2.24) is 0 Å². The average molecular weight is 426 g/mol. The van der Waals surface area contributed by atoms with E-state index < -0.39 is 0 Å². The van der Waals surface area contributed by atoms with E-state index in [-0.39, 0.29) is 22.2 Å². The van der Waals surface area contributed by atoms with Gasteiger partial charge in [0.1, 0.15) is 5.78 Å². The highest BCUT2D eigenvalue weighted by atomic mass is 16.7. The van der Waals surface area contributed by atoms with Gasteiger partial charge in [-0.05, 0) is 105 Å². The molecule has 5 rings (SSSR count). The predicted molar refractivity (Wildman–Crippen MR) is 121 cm³/mol. The quantitative estimate of drug-likeness (QED) is 0.388. The SMILES string of the molecule is CC(=O)O/N=C1\C=C2CC[C@@H]3[C@H]4C[C@H]5CCCC[C@@]5(C(C)=O)[C@@]4(C)CC[C@@H]3[C@@]2(C)CC1. The molecule has 31 heavy (non-hydrogen) atoms. The maximum absolute atomic E-state index is 13.2. The molecule has 0 bridgehead atoms. The van der Waals surface area contributed by atoms with Gasteiger partial charge in [-0.2, -0.15) is 0 Å². The van der Waals surface area contributed by atoms with Gasteiger partial charge in [-0.25, -0.2) is 4.79 Å². The largest absolute Gasteiger partial charge is 0.331 e. The van der Waals surface area contributed by atoms with Crippen LogP contribution in [-0.4, -0.2) is 17.5 Å². The Morgan fingerprint density at radius 3 is 2.55 bits per heavy atom. The van der Waals surface area contributed by atoms with Crippen molar-refractivity contribution in [2.75, 3.05) is 0 Å². The number of nitrogens with zero attached hydrogens (tertiary/aromatic N) is 1. The van der Waals surface area contributed by atoms with Crippen molar-refractivity contribution >= 4 is 17.5 Å². The van der Waals surface area contributed by atoms with Crippen LogP contribution >= 0.6 is 0 Å². The number of carbonyl (C=O) groups is 2. The third kappa shape index (κ3) is 2.88. The van der Waals surface area contributed by atoms with Crippen LogP contribution < -0.4 is 0 Å². The summed E-state index contributed by atoms with van der Waals surface area (Å²) in [5, 5.41) is 4.10. The summed E-state index contributed by atoms with van der Waals surface area (Å²) in [6.07, 6.45) is 15.3. The van der Waals surface area contributed by atoms with Gasteiger partial charge in [-0.1, -0.05) is 37.4 Å². The second-order valence-electron chi connectivity index (χ2n) is 11.8. The molecule has 0 aliphatic heterocycles. The molecule has 0 aromatic heterocycles. The molecule has 0 heterocycles. The minimum Gasteiger partial charge on any atom is -0.318 e. The van der Waals surface area contributed by atoms with Crippen molar-refractivity contribution in [2.24, 2.45) is 45.1 Å². The summed E-state index contributed by atoms with van der Waals surface area (Å²) in [6, 6.07) is 0. The summed E-state index contributed by atoms with van der Waals surface area (Å²) in [5.74, 6) is 2.92. The standard InChI is InChI=1S/C27H39NO3/c1-17(29)27-12-6-5-7-20(27)16-24-22-9-8-19-15-21(28-31-18(2)30)10-13-25(19,3)23(22)11-14-26(24,27)4/h15,20,22-24H,5-14,16H2,1-4H3/b28-21-/t20-,22+,23+,24-,25+,26+,27+/m1/s1. The summed E-state index contributed by atoms with van der Waals surface area (Å²) in [6.45, 7) is 8.32. The van der Waals surface area contributed by atoms with Crippen molar-refractivity contribution < 1.29 is 14.4 Å². The number of hydrogen-bond donors (Lipinski definition) is 0.